The van der Waals surface area contributed by atoms with Crippen molar-refractivity contribution < 1.29 is 14.3 Å². The molecule has 0 aromatic heterocycles. The van der Waals surface area contributed by atoms with Gasteiger partial charge in [0.2, 0.25) is 5.91 Å². The highest BCUT2D eigenvalue weighted by molar-refractivity contribution is 5.92. The maximum Gasteiger partial charge on any atom is 0.338 e. The summed E-state index contributed by atoms with van der Waals surface area (Å²) < 4.78 is 4.99. The molecule has 0 radical (unpaired) electrons. The fourth-order valence-electron chi connectivity index (χ4n) is 1.22. The van der Waals surface area contributed by atoms with Crippen molar-refractivity contribution in [3.63, 3.8) is 0 Å². The van der Waals surface area contributed by atoms with Crippen molar-refractivity contribution in [3.8, 4) is 0 Å². The summed E-state index contributed by atoms with van der Waals surface area (Å²) in [4.78, 5) is 22.5. The van der Waals surface area contributed by atoms with Crippen LogP contribution in [0.2, 0.25) is 0 Å². The second kappa shape index (κ2) is 5.34. The largest absolute Gasteiger partial charge is 0.461 e. The zero-order chi connectivity index (χ0) is 13.0. The van der Waals surface area contributed by atoms with Gasteiger partial charge in [0.05, 0.1) is 11.5 Å². The van der Waals surface area contributed by atoms with Crippen LogP contribution in [-0.2, 0) is 9.53 Å². The monoisotopic (exact) mass is 236 g/mol. The summed E-state index contributed by atoms with van der Waals surface area (Å²) in [7, 11) is 0. The Bertz CT molecular complexity index is 443. The number of nitrogens with two attached hydrogens (primary N) is 2. The van der Waals surface area contributed by atoms with Gasteiger partial charge in [0.15, 0.2) is 0 Å². The number of primary amides is 1. The predicted molar refractivity (Wildman–Crippen MR) is 64.2 cm³/mol. The number of esters is 1. The van der Waals surface area contributed by atoms with Crippen LogP contribution in [0.15, 0.2) is 18.2 Å². The highest BCUT2D eigenvalue weighted by Gasteiger charge is 2.15. The molecule has 0 aliphatic carbocycles. The van der Waals surface area contributed by atoms with E-state index in [2.05, 4.69) is 0 Å². The Morgan fingerprint density at radius 3 is 2.65 bits per heavy atom. The van der Waals surface area contributed by atoms with Crippen LogP contribution in [0.4, 0.5) is 5.69 Å². The van der Waals surface area contributed by atoms with Gasteiger partial charge in [0, 0.05) is 5.69 Å². The maximum absolute atomic E-state index is 11.7. The Hall–Kier alpha value is -2.04. The second-order valence-electron chi connectivity index (χ2n) is 3.98. The molecule has 0 heterocycles. The van der Waals surface area contributed by atoms with Crippen molar-refractivity contribution in [3.05, 3.63) is 29.3 Å². The van der Waals surface area contributed by atoms with E-state index in [9.17, 15) is 9.59 Å². The number of carbonyl (C=O) groups is 2. The predicted octanol–water partition coefficient (Wildman–Crippen LogP) is 0.855. The molecule has 17 heavy (non-hydrogen) atoms. The van der Waals surface area contributed by atoms with E-state index in [0.717, 1.165) is 5.56 Å². The first-order valence-corrected chi connectivity index (χ1v) is 5.24. The first kappa shape index (κ1) is 13.0. The van der Waals surface area contributed by atoms with Crippen molar-refractivity contribution in [1.29, 1.82) is 0 Å². The van der Waals surface area contributed by atoms with Gasteiger partial charge in [-0.2, -0.15) is 0 Å². The van der Waals surface area contributed by atoms with Crippen LogP contribution < -0.4 is 11.5 Å². The molecule has 1 unspecified atom stereocenters. The van der Waals surface area contributed by atoms with Crippen LogP contribution in [0, 0.1) is 12.8 Å². The third-order valence-electron chi connectivity index (χ3n) is 2.43. The van der Waals surface area contributed by atoms with Crippen molar-refractivity contribution in [2.45, 2.75) is 13.8 Å². The van der Waals surface area contributed by atoms with Gasteiger partial charge in [-0.15, -0.1) is 0 Å². The molecule has 1 aromatic rings. The summed E-state index contributed by atoms with van der Waals surface area (Å²) in [5.41, 5.74) is 12.3. The summed E-state index contributed by atoms with van der Waals surface area (Å²) in [5.74, 6) is -1.50. The summed E-state index contributed by atoms with van der Waals surface area (Å²) >= 11 is 0. The zero-order valence-electron chi connectivity index (χ0n) is 9.90. The summed E-state index contributed by atoms with van der Waals surface area (Å²) in [6, 6.07) is 4.99. The van der Waals surface area contributed by atoms with E-state index in [1.165, 1.54) is 0 Å². The van der Waals surface area contributed by atoms with Crippen molar-refractivity contribution in [2.24, 2.45) is 11.7 Å². The van der Waals surface area contributed by atoms with Crippen LogP contribution in [0.25, 0.3) is 0 Å². The number of anilines is 1. The minimum atomic E-state index is -0.500. The Morgan fingerprint density at radius 1 is 1.41 bits per heavy atom. The molecule has 1 amide bonds. The quantitative estimate of drug-likeness (QED) is 0.598. The van der Waals surface area contributed by atoms with Crippen molar-refractivity contribution in [2.75, 3.05) is 12.3 Å². The number of hydrogen-bond donors (Lipinski definition) is 2. The number of carbonyl (C=O) groups excluding carboxylic acids is 2. The third kappa shape index (κ3) is 3.48. The van der Waals surface area contributed by atoms with Crippen LogP contribution in [0.1, 0.15) is 22.8 Å². The summed E-state index contributed by atoms with van der Waals surface area (Å²) in [6.07, 6.45) is 0. The van der Waals surface area contributed by atoms with Gasteiger partial charge in [0.25, 0.3) is 0 Å². The van der Waals surface area contributed by atoms with E-state index in [0.29, 0.717) is 11.3 Å². The zero-order valence-corrected chi connectivity index (χ0v) is 9.90. The SMILES string of the molecule is Cc1ccc(N)cc1C(=O)OCC(C)C(N)=O. The molecule has 0 fully saturated rings. The second-order valence-corrected chi connectivity index (χ2v) is 3.98. The van der Waals surface area contributed by atoms with E-state index in [4.69, 9.17) is 16.2 Å². The molecule has 1 atom stereocenters. The maximum atomic E-state index is 11.7. The number of amides is 1. The van der Waals surface area contributed by atoms with Gasteiger partial charge < -0.3 is 16.2 Å². The van der Waals surface area contributed by atoms with Crippen LogP contribution in [0.3, 0.4) is 0 Å². The Labute approximate surface area is 99.7 Å². The molecule has 0 spiro atoms. The average Bonchev–Trinajstić information content (AvgIpc) is 2.28. The minimum absolute atomic E-state index is 0.0254. The highest BCUT2D eigenvalue weighted by Crippen LogP contribution is 2.14. The molecule has 0 saturated heterocycles. The van der Waals surface area contributed by atoms with Gasteiger partial charge in [-0.25, -0.2) is 4.79 Å². The van der Waals surface area contributed by atoms with Gasteiger partial charge in [-0.3, -0.25) is 4.79 Å². The number of nitrogen functional groups attached to an aromatic ring is 1. The molecule has 5 heteroatoms. The number of hydrogen-bond acceptors (Lipinski definition) is 4. The first-order valence-electron chi connectivity index (χ1n) is 5.24. The lowest BCUT2D eigenvalue weighted by atomic mass is 10.1. The lowest BCUT2D eigenvalue weighted by Crippen LogP contribution is -2.26. The fraction of sp³-hybridized carbons (Fsp3) is 0.333. The average molecular weight is 236 g/mol. The molecule has 0 bridgehead atoms. The lowest BCUT2D eigenvalue weighted by Gasteiger charge is -2.10. The fourth-order valence-corrected chi connectivity index (χ4v) is 1.22. The summed E-state index contributed by atoms with van der Waals surface area (Å²) in [6.45, 7) is 3.36. The van der Waals surface area contributed by atoms with E-state index in [1.54, 1.807) is 32.0 Å². The molecule has 1 aromatic carbocycles. The van der Waals surface area contributed by atoms with E-state index in [-0.39, 0.29) is 6.61 Å². The highest BCUT2D eigenvalue weighted by atomic mass is 16.5. The smallest absolute Gasteiger partial charge is 0.338 e. The number of rotatable bonds is 4. The molecule has 4 N–H and O–H groups in total. The van der Waals surface area contributed by atoms with Crippen LogP contribution >= 0.6 is 0 Å². The number of ether oxygens (including phenoxy) is 1. The van der Waals surface area contributed by atoms with Gasteiger partial charge >= 0.3 is 5.97 Å². The Kier molecular flexibility index (Phi) is 4.09. The van der Waals surface area contributed by atoms with E-state index in [1.807, 2.05) is 0 Å². The van der Waals surface area contributed by atoms with Crippen molar-refractivity contribution >= 4 is 17.6 Å². The Morgan fingerprint density at radius 2 is 2.06 bits per heavy atom. The van der Waals surface area contributed by atoms with Gasteiger partial charge in [0.1, 0.15) is 6.61 Å². The lowest BCUT2D eigenvalue weighted by molar-refractivity contribution is -0.122. The Balaban J connectivity index is 2.70. The molecule has 0 aliphatic rings. The minimum Gasteiger partial charge on any atom is -0.461 e. The van der Waals surface area contributed by atoms with Gasteiger partial charge in [-0.1, -0.05) is 13.0 Å². The standard InChI is InChI=1S/C12H16N2O3/c1-7-3-4-9(13)5-10(7)12(16)17-6-8(2)11(14)15/h3-5,8H,6,13H2,1-2H3,(H2,14,15). The van der Waals surface area contributed by atoms with Crippen molar-refractivity contribution in [1.82, 2.24) is 0 Å². The molecular formula is C12H16N2O3. The number of aryl methyl sites for hydroxylation is 1. The molecular weight excluding hydrogens is 220 g/mol. The molecule has 5 nitrogen and oxygen atoms in total. The van der Waals surface area contributed by atoms with E-state index < -0.39 is 17.8 Å². The topological polar surface area (TPSA) is 95.4 Å². The number of benzene rings is 1. The normalized spacial score (nSPS) is 11.9. The molecule has 92 valence electrons. The van der Waals surface area contributed by atoms with E-state index >= 15 is 0 Å². The summed E-state index contributed by atoms with van der Waals surface area (Å²) in [5, 5.41) is 0. The van der Waals surface area contributed by atoms with Gasteiger partial charge in [-0.05, 0) is 24.6 Å². The molecule has 1 rings (SSSR count). The molecule has 0 saturated carbocycles. The van der Waals surface area contributed by atoms with Crippen LogP contribution in [-0.4, -0.2) is 18.5 Å². The first-order chi connectivity index (χ1) is 7.91. The third-order valence-corrected chi connectivity index (χ3v) is 2.43. The molecule has 0 aliphatic heterocycles. The van der Waals surface area contributed by atoms with Crippen LogP contribution in [0.5, 0.6) is 0 Å².